The van der Waals surface area contributed by atoms with Gasteiger partial charge in [-0.2, -0.15) is 4.79 Å². The van der Waals surface area contributed by atoms with E-state index in [1.165, 1.54) is 40.5 Å². The number of likely N-dealkylation sites (tertiary alicyclic amines) is 2. The van der Waals surface area contributed by atoms with Crippen molar-refractivity contribution in [2.45, 2.75) is 25.7 Å². The molecule has 2 amide bonds. The third-order valence-electron chi connectivity index (χ3n) is 8.34. The van der Waals surface area contributed by atoms with Gasteiger partial charge in [-0.1, -0.05) is 66.3 Å². The predicted octanol–water partition coefficient (Wildman–Crippen LogP) is 4.97. The average Bonchev–Trinajstić information content (AvgIpc) is 3.09. The number of fused-ring (bicyclic) bond motifs is 2. The first-order valence-corrected chi connectivity index (χ1v) is 13.1. The van der Waals surface area contributed by atoms with Crippen molar-refractivity contribution in [1.82, 2.24) is 4.90 Å². The Hall–Kier alpha value is -2.93. The number of primary amides is 1. The van der Waals surface area contributed by atoms with Gasteiger partial charge >= 0.3 is 6.09 Å². The fourth-order valence-electron chi connectivity index (χ4n) is 6.11. The summed E-state index contributed by atoms with van der Waals surface area (Å²) >= 11 is 0. The maximum Gasteiger partial charge on any atom is 0.515 e. The number of piperidine rings is 2. The molecule has 3 aliphatic rings. The molecule has 2 heterocycles. The molecule has 0 saturated carbocycles. The second-order valence-corrected chi connectivity index (χ2v) is 10.3. The molecule has 196 valence electrons. The van der Waals surface area contributed by atoms with Crippen LogP contribution in [0.2, 0.25) is 0 Å². The second kappa shape index (κ2) is 11.6. The highest BCUT2D eigenvalue weighted by molar-refractivity contribution is 5.94. The van der Waals surface area contributed by atoms with Crippen LogP contribution in [0.15, 0.2) is 54.1 Å². The lowest BCUT2D eigenvalue weighted by Crippen LogP contribution is -2.60. The zero-order valence-corrected chi connectivity index (χ0v) is 22.3. The molecule has 2 saturated heterocycles. The first kappa shape index (κ1) is 27.1. The normalized spacial score (nSPS) is 23.3. The van der Waals surface area contributed by atoms with E-state index in [1.54, 1.807) is 0 Å². The molecule has 0 radical (unpaired) electrons. The number of carbonyl (C=O) groups excluding carboxylic acids is 2. The number of nitrogens with two attached hydrogens (primary N) is 1. The van der Waals surface area contributed by atoms with Gasteiger partial charge in [0, 0.05) is 38.4 Å². The van der Waals surface area contributed by atoms with E-state index in [2.05, 4.69) is 65.6 Å². The molecule has 0 bridgehead atoms. The van der Waals surface area contributed by atoms with Crippen LogP contribution in [-0.4, -0.2) is 67.8 Å². The van der Waals surface area contributed by atoms with E-state index >= 15 is 0 Å². The highest BCUT2D eigenvalue weighted by Gasteiger charge is 2.43. The minimum absolute atomic E-state index is 0. The SMILES string of the molecule is COC(=O)[N+]1(CCN2CCC(=C3c4ccccc4C=Cc4ccccc43)CC2)CCC(C(N)=O)CC1.Cl. The minimum Gasteiger partial charge on any atom is -0.423 e. The minimum atomic E-state index is -0.258. The second-order valence-electron chi connectivity index (χ2n) is 10.3. The molecule has 0 unspecified atom stereocenters. The molecule has 6 nitrogen and oxygen atoms in total. The summed E-state index contributed by atoms with van der Waals surface area (Å²) in [5.74, 6) is -0.393. The van der Waals surface area contributed by atoms with Crippen molar-refractivity contribution in [2.24, 2.45) is 11.7 Å². The molecule has 1 aliphatic carbocycles. The van der Waals surface area contributed by atoms with E-state index in [1.807, 2.05) is 0 Å². The summed E-state index contributed by atoms with van der Waals surface area (Å²) in [7, 11) is 1.46. The lowest BCUT2D eigenvalue weighted by Gasteiger charge is -2.40. The van der Waals surface area contributed by atoms with Crippen LogP contribution in [-0.2, 0) is 9.53 Å². The molecular weight excluding hydrogens is 486 g/mol. The van der Waals surface area contributed by atoms with Crippen LogP contribution in [0.3, 0.4) is 0 Å². The molecule has 2 N–H and O–H groups in total. The fourth-order valence-corrected chi connectivity index (χ4v) is 6.11. The number of quaternary nitrogens is 1. The van der Waals surface area contributed by atoms with Crippen molar-refractivity contribution in [3.8, 4) is 0 Å². The Balaban J connectivity index is 0.00000320. The molecule has 2 aliphatic heterocycles. The van der Waals surface area contributed by atoms with Gasteiger partial charge in [0.15, 0.2) is 0 Å². The topological polar surface area (TPSA) is 72.6 Å². The fraction of sp³-hybridized carbons (Fsp3) is 0.400. The number of halogens is 1. The van der Waals surface area contributed by atoms with Gasteiger partial charge in [0.25, 0.3) is 0 Å². The summed E-state index contributed by atoms with van der Waals surface area (Å²) < 4.78 is 5.48. The number of nitrogens with zero attached hydrogens (tertiary/aromatic N) is 2. The summed E-state index contributed by atoms with van der Waals surface area (Å²) in [6.07, 6.45) is 7.58. The van der Waals surface area contributed by atoms with Gasteiger partial charge in [-0.05, 0) is 40.7 Å². The Kier molecular flexibility index (Phi) is 8.53. The van der Waals surface area contributed by atoms with Crippen LogP contribution >= 0.6 is 12.4 Å². The van der Waals surface area contributed by atoms with Crippen molar-refractivity contribution in [3.05, 3.63) is 76.4 Å². The third-order valence-corrected chi connectivity index (χ3v) is 8.34. The first-order valence-electron chi connectivity index (χ1n) is 13.1. The van der Waals surface area contributed by atoms with E-state index in [0.717, 1.165) is 32.5 Å². The Bertz CT molecular complexity index is 1150. The molecule has 0 atom stereocenters. The van der Waals surface area contributed by atoms with Gasteiger partial charge in [-0.3, -0.25) is 9.69 Å². The number of hydrogen-bond donors (Lipinski definition) is 1. The van der Waals surface area contributed by atoms with Crippen LogP contribution < -0.4 is 5.73 Å². The van der Waals surface area contributed by atoms with E-state index in [0.29, 0.717) is 32.5 Å². The van der Waals surface area contributed by atoms with Gasteiger partial charge < -0.3 is 10.5 Å². The Morgan fingerprint density at radius 1 is 0.946 bits per heavy atom. The van der Waals surface area contributed by atoms with Crippen LogP contribution in [0.25, 0.3) is 17.7 Å². The van der Waals surface area contributed by atoms with E-state index in [4.69, 9.17) is 10.5 Å². The van der Waals surface area contributed by atoms with Crippen molar-refractivity contribution in [3.63, 3.8) is 0 Å². The summed E-state index contributed by atoms with van der Waals surface area (Å²) in [6, 6.07) is 17.4. The van der Waals surface area contributed by atoms with Crippen LogP contribution in [0.5, 0.6) is 0 Å². The van der Waals surface area contributed by atoms with Crippen molar-refractivity contribution < 1.29 is 18.8 Å². The number of benzene rings is 2. The molecule has 2 aromatic carbocycles. The van der Waals surface area contributed by atoms with Gasteiger partial charge in [-0.25, -0.2) is 4.48 Å². The van der Waals surface area contributed by atoms with Crippen LogP contribution in [0.4, 0.5) is 4.79 Å². The van der Waals surface area contributed by atoms with Crippen LogP contribution in [0.1, 0.15) is 47.9 Å². The lowest BCUT2D eigenvalue weighted by molar-refractivity contribution is -0.863. The molecule has 2 aromatic rings. The number of carbonyl (C=O) groups is 2. The molecule has 5 rings (SSSR count). The summed E-state index contributed by atoms with van der Waals surface area (Å²) in [6.45, 7) is 4.73. The largest absolute Gasteiger partial charge is 0.515 e. The Labute approximate surface area is 225 Å². The van der Waals surface area contributed by atoms with E-state index in [-0.39, 0.29) is 34.8 Å². The maximum atomic E-state index is 12.8. The Morgan fingerprint density at radius 2 is 1.49 bits per heavy atom. The highest BCUT2D eigenvalue weighted by Crippen LogP contribution is 2.38. The van der Waals surface area contributed by atoms with E-state index < -0.39 is 0 Å². The number of methoxy groups -OCH3 is 1. The molecule has 0 aromatic heterocycles. The van der Waals surface area contributed by atoms with Crippen molar-refractivity contribution in [2.75, 3.05) is 46.4 Å². The maximum absolute atomic E-state index is 12.8. The third kappa shape index (κ3) is 5.52. The molecule has 2 fully saturated rings. The summed E-state index contributed by atoms with van der Waals surface area (Å²) in [5.41, 5.74) is 13.6. The van der Waals surface area contributed by atoms with Gasteiger partial charge in [-0.15, -0.1) is 12.4 Å². The summed E-state index contributed by atoms with van der Waals surface area (Å²) in [5, 5.41) is 0. The molecule has 7 heteroatoms. The van der Waals surface area contributed by atoms with Crippen LogP contribution in [0, 0.1) is 5.92 Å². The summed E-state index contributed by atoms with van der Waals surface area (Å²) in [4.78, 5) is 26.9. The standard InChI is InChI=1S/C30H35N3O3.ClH/c1-36-30(35)33(19-14-25(15-20-33)29(31)34)21-18-32-16-12-24(13-17-32)28-26-8-4-2-6-22(26)10-11-23-7-3-5-9-27(23)28;/h2-11,25H,12-21H2,1H3,(H-,31,34);1H/p+1. The molecule has 0 spiro atoms. The van der Waals surface area contributed by atoms with Gasteiger partial charge in [0.05, 0.1) is 20.2 Å². The monoisotopic (exact) mass is 522 g/mol. The number of rotatable bonds is 4. The predicted molar refractivity (Wildman–Crippen MR) is 150 cm³/mol. The number of ether oxygens (including phenoxy) is 1. The number of amides is 2. The van der Waals surface area contributed by atoms with E-state index in [9.17, 15) is 9.59 Å². The average molecular weight is 523 g/mol. The van der Waals surface area contributed by atoms with Crippen molar-refractivity contribution >= 4 is 42.1 Å². The highest BCUT2D eigenvalue weighted by atomic mass is 35.5. The zero-order valence-electron chi connectivity index (χ0n) is 21.5. The first-order chi connectivity index (χ1) is 17.5. The molecular formula is C30H37ClN3O3+. The zero-order chi connectivity index (χ0) is 25.1. The van der Waals surface area contributed by atoms with Gasteiger partial charge in [0.1, 0.15) is 6.54 Å². The van der Waals surface area contributed by atoms with Crippen molar-refractivity contribution in [1.29, 1.82) is 0 Å². The smallest absolute Gasteiger partial charge is 0.423 e. The molecule has 37 heavy (non-hydrogen) atoms. The number of hydrogen-bond acceptors (Lipinski definition) is 4. The quantitative estimate of drug-likeness (QED) is 0.491. The lowest BCUT2D eigenvalue weighted by atomic mass is 9.86. The van der Waals surface area contributed by atoms with Gasteiger partial charge in [0.2, 0.25) is 5.91 Å². The Morgan fingerprint density at radius 3 is 2.00 bits per heavy atom.